The summed E-state index contributed by atoms with van der Waals surface area (Å²) < 4.78 is 0. The lowest BCUT2D eigenvalue weighted by Crippen LogP contribution is -2.25. The predicted molar refractivity (Wildman–Crippen MR) is 53.8 cm³/mol. The fourth-order valence-electron chi connectivity index (χ4n) is 2.06. The van der Waals surface area contributed by atoms with Gasteiger partial charge in [0.15, 0.2) is 0 Å². The van der Waals surface area contributed by atoms with Gasteiger partial charge in [-0.1, -0.05) is 6.07 Å². The van der Waals surface area contributed by atoms with E-state index in [1.54, 1.807) is 0 Å². The van der Waals surface area contributed by atoms with Gasteiger partial charge in [0.1, 0.15) is 0 Å². The molecule has 2 N–H and O–H groups in total. The number of amides is 1. The van der Waals surface area contributed by atoms with E-state index in [-0.39, 0.29) is 11.8 Å². The quantitative estimate of drug-likeness (QED) is 0.725. The third-order valence-corrected chi connectivity index (χ3v) is 2.77. The van der Waals surface area contributed by atoms with Crippen molar-refractivity contribution in [1.29, 1.82) is 0 Å². The summed E-state index contributed by atoms with van der Waals surface area (Å²) in [7, 11) is 0. The molecule has 1 atom stereocenters. The van der Waals surface area contributed by atoms with Crippen LogP contribution in [0.15, 0.2) is 12.1 Å². The first kappa shape index (κ1) is 9.19. The Labute approximate surface area is 83.3 Å². The average Bonchev–Trinajstić information content (AvgIpc) is 2.16. The van der Waals surface area contributed by atoms with Crippen molar-refractivity contribution in [3.05, 3.63) is 29.1 Å². The van der Waals surface area contributed by atoms with Crippen molar-refractivity contribution in [3.8, 4) is 0 Å². The van der Waals surface area contributed by atoms with E-state index in [9.17, 15) is 4.79 Å². The van der Waals surface area contributed by atoms with E-state index in [1.165, 1.54) is 0 Å². The molecule has 3 heteroatoms. The first-order chi connectivity index (χ1) is 6.68. The van der Waals surface area contributed by atoms with Crippen LogP contribution in [0.1, 0.15) is 35.7 Å². The molecular weight excluding hydrogens is 176 g/mol. The van der Waals surface area contributed by atoms with Crippen LogP contribution in [0.3, 0.4) is 0 Å². The van der Waals surface area contributed by atoms with E-state index in [0.717, 1.165) is 36.2 Å². The number of rotatable bonds is 1. The Bertz CT molecular complexity index is 374. The van der Waals surface area contributed by atoms with Crippen LogP contribution in [0.25, 0.3) is 0 Å². The molecule has 0 aliphatic heterocycles. The monoisotopic (exact) mass is 190 g/mol. The molecule has 1 heterocycles. The number of primary amides is 1. The molecule has 1 aliphatic rings. The Morgan fingerprint density at radius 3 is 3.07 bits per heavy atom. The molecule has 14 heavy (non-hydrogen) atoms. The minimum absolute atomic E-state index is 0.119. The van der Waals surface area contributed by atoms with Crippen LogP contribution >= 0.6 is 0 Å². The maximum absolute atomic E-state index is 11.2. The van der Waals surface area contributed by atoms with E-state index < -0.39 is 0 Å². The molecule has 0 spiro atoms. The Balaban J connectivity index is 2.44. The molecular formula is C11H14N2O. The molecule has 0 radical (unpaired) electrons. The first-order valence-electron chi connectivity index (χ1n) is 4.94. The summed E-state index contributed by atoms with van der Waals surface area (Å²) in [4.78, 5) is 15.6. The summed E-state index contributed by atoms with van der Waals surface area (Å²) in [5, 5.41) is 0. The van der Waals surface area contributed by atoms with Gasteiger partial charge in [-0.25, -0.2) is 0 Å². The summed E-state index contributed by atoms with van der Waals surface area (Å²) in [6.07, 6.45) is 2.85. The molecule has 3 nitrogen and oxygen atoms in total. The lowest BCUT2D eigenvalue weighted by Gasteiger charge is -2.22. The molecule has 1 amide bonds. The zero-order valence-electron chi connectivity index (χ0n) is 8.29. The lowest BCUT2D eigenvalue weighted by molar-refractivity contribution is -0.119. The largest absolute Gasteiger partial charge is 0.369 e. The number of carbonyl (C=O) groups excluding carboxylic acids is 1. The molecule has 2 rings (SSSR count). The normalized spacial score (nSPS) is 20.2. The first-order valence-corrected chi connectivity index (χ1v) is 4.94. The second-order valence-corrected chi connectivity index (χ2v) is 3.84. The molecule has 0 aromatic carbocycles. The van der Waals surface area contributed by atoms with Crippen molar-refractivity contribution in [2.24, 2.45) is 5.73 Å². The molecule has 1 aromatic heterocycles. The van der Waals surface area contributed by atoms with Gasteiger partial charge in [0, 0.05) is 11.4 Å². The van der Waals surface area contributed by atoms with Crippen molar-refractivity contribution < 1.29 is 4.79 Å². The van der Waals surface area contributed by atoms with E-state index in [0.29, 0.717) is 0 Å². The van der Waals surface area contributed by atoms with Gasteiger partial charge in [-0.2, -0.15) is 0 Å². The zero-order valence-corrected chi connectivity index (χ0v) is 8.29. The third-order valence-electron chi connectivity index (χ3n) is 2.77. The smallest absolute Gasteiger partial charge is 0.225 e. The maximum atomic E-state index is 11.2. The standard InChI is InChI=1S/C11H14N2O/c1-7-5-6-8-9(11(12)14)3-2-4-10(8)13-7/h5-6,9H,2-4H2,1H3,(H2,12,14). The molecule has 0 bridgehead atoms. The second kappa shape index (κ2) is 3.40. The van der Waals surface area contributed by atoms with E-state index in [1.807, 2.05) is 19.1 Å². The van der Waals surface area contributed by atoms with Gasteiger partial charge in [-0.15, -0.1) is 0 Å². The number of aryl methyl sites for hydroxylation is 2. The van der Waals surface area contributed by atoms with Crippen LogP contribution < -0.4 is 5.73 Å². The van der Waals surface area contributed by atoms with Gasteiger partial charge < -0.3 is 5.73 Å². The molecule has 0 saturated carbocycles. The SMILES string of the molecule is Cc1ccc2c(n1)CCCC2C(N)=O. The Kier molecular flexibility index (Phi) is 2.23. The Morgan fingerprint density at radius 2 is 2.36 bits per heavy atom. The van der Waals surface area contributed by atoms with Gasteiger partial charge in [-0.05, 0) is 37.8 Å². The average molecular weight is 190 g/mol. The highest BCUT2D eigenvalue weighted by Gasteiger charge is 2.25. The van der Waals surface area contributed by atoms with Crippen molar-refractivity contribution >= 4 is 5.91 Å². The second-order valence-electron chi connectivity index (χ2n) is 3.84. The maximum Gasteiger partial charge on any atom is 0.225 e. The van der Waals surface area contributed by atoms with Crippen LogP contribution in [0.4, 0.5) is 0 Å². The molecule has 1 aromatic rings. The number of aromatic nitrogens is 1. The Hall–Kier alpha value is -1.38. The van der Waals surface area contributed by atoms with Gasteiger partial charge in [0.25, 0.3) is 0 Å². The number of fused-ring (bicyclic) bond motifs is 1. The highest BCUT2D eigenvalue weighted by molar-refractivity contribution is 5.82. The highest BCUT2D eigenvalue weighted by Crippen LogP contribution is 2.30. The van der Waals surface area contributed by atoms with Gasteiger partial charge in [0.05, 0.1) is 5.92 Å². The van der Waals surface area contributed by atoms with E-state index in [2.05, 4.69) is 4.98 Å². The van der Waals surface area contributed by atoms with Crippen molar-refractivity contribution in [1.82, 2.24) is 4.98 Å². The predicted octanol–water partition coefficient (Wildman–Crippen LogP) is 1.30. The fraction of sp³-hybridized carbons (Fsp3) is 0.455. The molecule has 74 valence electrons. The molecule has 1 unspecified atom stereocenters. The summed E-state index contributed by atoms with van der Waals surface area (Å²) in [6.45, 7) is 1.97. The van der Waals surface area contributed by atoms with Gasteiger partial charge in [-0.3, -0.25) is 9.78 Å². The number of hydrogen-bond donors (Lipinski definition) is 1. The Morgan fingerprint density at radius 1 is 1.57 bits per heavy atom. The van der Waals surface area contributed by atoms with Gasteiger partial charge in [0.2, 0.25) is 5.91 Å². The van der Waals surface area contributed by atoms with Crippen molar-refractivity contribution in [2.75, 3.05) is 0 Å². The summed E-state index contributed by atoms with van der Waals surface area (Å²) in [5.41, 5.74) is 8.45. The van der Waals surface area contributed by atoms with Crippen LogP contribution in [-0.2, 0) is 11.2 Å². The number of nitrogens with two attached hydrogens (primary N) is 1. The van der Waals surface area contributed by atoms with Crippen molar-refractivity contribution in [2.45, 2.75) is 32.1 Å². The summed E-state index contributed by atoms with van der Waals surface area (Å²) in [6, 6.07) is 3.94. The fourth-order valence-corrected chi connectivity index (χ4v) is 2.06. The van der Waals surface area contributed by atoms with Crippen LogP contribution in [0.2, 0.25) is 0 Å². The van der Waals surface area contributed by atoms with Crippen LogP contribution in [-0.4, -0.2) is 10.9 Å². The summed E-state index contributed by atoms with van der Waals surface area (Å²) >= 11 is 0. The third kappa shape index (κ3) is 1.50. The minimum Gasteiger partial charge on any atom is -0.369 e. The summed E-state index contributed by atoms with van der Waals surface area (Å²) in [5.74, 6) is -0.344. The molecule has 0 fully saturated rings. The van der Waals surface area contributed by atoms with Crippen LogP contribution in [0, 0.1) is 6.92 Å². The molecule has 0 saturated heterocycles. The van der Waals surface area contributed by atoms with Gasteiger partial charge >= 0.3 is 0 Å². The van der Waals surface area contributed by atoms with Crippen LogP contribution in [0.5, 0.6) is 0 Å². The van der Waals surface area contributed by atoms with Crippen molar-refractivity contribution in [3.63, 3.8) is 0 Å². The molecule has 1 aliphatic carbocycles. The number of pyridine rings is 1. The van der Waals surface area contributed by atoms with E-state index in [4.69, 9.17) is 5.73 Å². The highest BCUT2D eigenvalue weighted by atomic mass is 16.1. The lowest BCUT2D eigenvalue weighted by atomic mass is 9.85. The van der Waals surface area contributed by atoms with E-state index >= 15 is 0 Å². The zero-order chi connectivity index (χ0) is 10.1. The number of hydrogen-bond acceptors (Lipinski definition) is 2. The topological polar surface area (TPSA) is 56.0 Å². The number of carbonyl (C=O) groups is 1. The minimum atomic E-state index is -0.225. The number of nitrogens with zero attached hydrogens (tertiary/aromatic N) is 1.